The molecule has 1 aromatic carbocycles. The predicted molar refractivity (Wildman–Crippen MR) is 95.6 cm³/mol. The highest BCUT2D eigenvalue weighted by molar-refractivity contribution is 5.89. The third kappa shape index (κ3) is 4.81. The van der Waals surface area contributed by atoms with Crippen molar-refractivity contribution in [1.29, 1.82) is 0 Å². The molecule has 0 bridgehead atoms. The standard InChI is InChI=1S/C19H18N2O6/c22-17(20-16-7-3-5-13-4-1-2-6-15(13)16)12-26-19(23)11-9-14-8-10-18(27-14)21(24)25/h1-2,4,6,8-11,16H,3,5,7,12H2,(H,20,22)/b11-9+/t16-/m0/s1. The molecule has 1 aromatic heterocycles. The molecule has 27 heavy (non-hydrogen) atoms. The summed E-state index contributed by atoms with van der Waals surface area (Å²) in [5.74, 6) is -1.41. The minimum absolute atomic E-state index is 0.0830. The zero-order valence-corrected chi connectivity index (χ0v) is 14.4. The Morgan fingerprint density at radius 1 is 1.30 bits per heavy atom. The Bertz CT molecular complexity index is 886. The monoisotopic (exact) mass is 370 g/mol. The Kier molecular flexibility index (Phi) is 5.65. The summed E-state index contributed by atoms with van der Waals surface area (Å²) in [7, 11) is 0. The summed E-state index contributed by atoms with van der Waals surface area (Å²) < 4.78 is 9.78. The molecular weight excluding hydrogens is 352 g/mol. The van der Waals surface area contributed by atoms with Crippen molar-refractivity contribution < 1.29 is 23.7 Å². The number of aryl methyl sites for hydroxylation is 1. The van der Waals surface area contributed by atoms with Gasteiger partial charge in [-0.1, -0.05) is 24.3 Å². The second kappa shape index (κ2) is 8.31. The molecule has 0 saturated heterocycles. The van der Waals surface area contributed by atoms with E-state index in [0.29, 0.717) is 0 Å². The van der Waals surface area contributed by atoms with Crippen molar-refractivity contribution in [2.75, 3.05) is 6.61 Å². The Balaban J connectivity index is 1.48. The molecule has 1 N–H and O–H groups in total. The van der Waals surface area contributed by atoms with E-state index in [-0.39, 0.29) is 17.7 Å². The van der Waals surface area contributed by atoms with Crippen LogP contribution < -0.4 is 5.32 Å². The number of furan rings is 1. The molecule has 1 heterocycles. The lowest BCUT2D eigenvalue weighted by atomic mass is 9.88. The van der Waals surface area contributed by atoms with Crippen molar-refractivity contribution in [1.82, 2.24) is 5.32 Å². The zero-order chi connectivity index (χ0) is 19.2. The maximum Gasteiger partial charge on any atom is 0.433 e. The Morgan fingerprint density at radius 3 is 2.89 bits per heavy atom. The Morgan fingerprint density at radius 2 is 2.11 bits per heavy atom. The molecular formula is C19H18N2O6. The lowest BCUT2D eigenvalue weighted by Crippen LogP contribution is -2.34. The van der Waals surface area contributed by atoms with Crippen LogP contribution in [0.25, 0.3) is 6.08 Å². The summed E-state index contributed by atoms with van der Waals surface area (Å²) in [6, 6.07) is 10.4. The Hall–Kier alpha value is -3.42. The highest BCUT2D eigenvalue weighted by Crippen LogP contribution is 2.29. The topological polar surface area (TPSA) is 112 Å². The number of fused-ring (bicyclic) bond motifs is 1. The molecule has 1 atom stereocenters. The van der Waals surface area contributed by atoms with Crippen LogP contribution in [-0.4, -0.2) is 23.4 Å². The first-order valence-electron chi connectivity index (χ1n) is 8.49. The summed E-state index contributed by atoms with van der Waals surface area (Å²) in [6.45, 7) is -0.403. The van der Waals surface area contributed by atoms with Gasteiger partial charge in [0.15, 0.2) is 6.61 Å². The van der Waals surface area contributed by atoms with Gasteiger partial charge in [0.1, 0.15) is 10.7 Å². The van der Waals surface area contributed by atoms with E-state index in [1.165, 1.54) is 23.8 Å². The van der Waals surface area contributed by atoms with Gasteiger partial charge in [-0.15, -0.1) is 0 Å². The highest BCUT2D eigenvalue weighted by atomic mass is 16.6. The van der Waals surface area contributed by atoms with Crippen molar-refractivity contribution >= 4 is 23.8 Å². The molecule has 1 amide bonds. The summed E-state index contributed by atoms with van der Waals surface area (Å²) in [4.78, 5) is 33.6. The van der Waals surface area contributed by atoms with Crippen molar-refractivity contribution in [3.05, 3.63) is 69.5 Å². The van der Waals surface area contributed by atoms with Crippen molar-refractivity contribution in [2.45, 2.75) is 25.3 Å². The molecule has 3 rings (SSSR count). The molecule has 0 saturated carbocycles. The summed E-state index contributed by atoms with van der Waals surface area (Å²) in [5, 5.41) is 13.4. The number of nitrogens with zero attached hydrogens (tertiary/aromatic N) is 1. The highest BCUT2D eigenvalue weighted by Gasteiger charge is 2.21. The minimum Gasteiger partial charge on any atom is -0.452 e. The van der Waals surface area contributed by atoms with Gasteiger partial charge in [-0.2, -0.15) is 0 Å². The number of hydrogen-bond donors (Lipinski definition) is 1. The summed E-state index contributed by atoms with van der Waals surface area (Å²) >= 11 is 0. The molecule has 0 fully saturated rings. The molecule has 8 nitrogen and oxygen atoms in total. The molecule has 8 heteroatoms. The van der Waals surface area contributed by atoms with E-state index in [1.54, 1.807) is 0 Å². The van der Waals surface area contributed by atoms with E-state index >= 15 is 0 Å². The third-order valence-corrected chi connectivity index (χ3v) is 4.23. The quantitative estimate of drug-likeness (QED) is 0.362. The number of carbonyl (C=O) groups is 2. The number of rotatable bonds is 6. The first kappa shape index (κ1) is 18.4. The smallest absolute Gasteiger partial charge is 0.433 e. The zero-order valence-electron chi connectivity index (χ0n) is 14.4. The fraction of sp³-hybridized carbons (Fsp3) is 0.263. The van der Waals surface area contributed by atoms with E-state index in [2.05, 4.69) is 11.4 Å². The van der Waals surface area contributed by atoms with Crippen LogP contribution in [-0.2, 0) is 20.7 Å². The second-order valence-electron chi connectivity index (χ2n) is 6.09. The van der Waals surface area contributed by atoms with E-state index in [0.717, 1.165) is 30.9 Å². The SMILES string of the molecule is O=C(COC(=O)/C=C/c1ccc([N+](=O)[O-])o1)N[C@H]1CCCc2ccccc21. The first-order chi connectivity index (χ1) is 13.0. The average Bonchev–Trinajstić information content (AvgIpc) is 3.14. The lowest BCUT2D eigenvalue weighted by molar-refractivity contribution is -0.402. The van der Waals surface area contributed by atoms with Crippen molar-refractivity contribution in [3.63, 3.8) is 0 Å². The fourth-order valence-corrected chi connectivity index (χ4v) is 3.00. The molecule has 0 unspecified atom stereocenters. The van der Waals surface area contributed by atoms with E-state index < -0.39 is 23.4 Å². The number of benzene rings is 1. The number of amides is 1. The van der Waals surface area contributed by atoms with Crippen LogP contribution in [0.1, 0.15) is 35.8 Å². The van der Waals surface area contributed by atoms with Gasteiger partial charge >= 0.3 is 11.9 Å². The molecule has 0 radical (unpaired) electrons. The molecule has 2 aromatic rings. The summed E-state index contributed by atoms with van der Waals surface area (Å²) in [6.07, 6.45) is 5.11. The van der Waals surface area contributed by atoms with Gasteiger partial charge in [0.05, 0.1) is 12.1 Å². The molecule has 0 aliphatic heterocycles. The lowest BCUT2D eigenvalue weighted by Gasteiger charge is -2.26. The third-order valence-electron chi connectivity index (χ3n) is 4.23. The summed E-state index contributed by atoms with van der Waals surface area (Å²) in [5.41, 5.74) is 2.32. The minimum atomic E-state index is -0.742. The molecule has 140 valence electrons. The van der Waals surface area contributed by atoms with Gasteiger partial charge in [-0.05, 0) is 42.5 Å². The van der Waals surface area contributed by atoms with Crippen molar-refractivity contribution in [3.8, 4) is 0 Å². The van der Waals surface area contributed by atoms with Crippen LogP contribution in [0.4, 0.5) is 5.88 Å². The van der Waals surface area contributed by atoms with Crippen LogP contribution in [0.5, 0.6) is 0 Å². The van der Waals surface area contributed by atoms with Crippen LogP contribution >= 0.6 is 0 Å². The van der Waals surface area contributed by atoms with E-state index in [4.69, 9.17) is 9.15 Å². The number of hydrogen-bond acceptors (Lipinski definition) is 6. The number of ether oxygens (including phenoxy) is 1. The van der Waals surface area contributed by atoms with Gasteiger partial charge in [-0.25, -0.2) is 4.79 Å². The van der Waals surface area contributed by atoms with Crippen LogP contribution in [0.3, 0.4) is 0 Å². The number of esters is 1. The van der Waals surface area contributed by atoms with Crippen LogP contribution in [0, 0.1) is 10.1 Å². The van der Waals surface area contributed by atoms with Gasteiger partial charge < -0.3 is 14.5 Å². The maximum absolute atomic E-state index is 12.1. The van der Waals surface area contributed by atoms with Gasteiger partial charge in [-0.3, -0.25) is 14.9 Å². The van der Waals surface area contributed by atoms with Crippen molar-refractivity contribution in [2.24, 2.45) is 0 Å². The molecule has 1 aliphatic carbocycles. The fourth-order valence-electron chi connectivity index (χ4n) is 3.00. The first-order valence-corrected chi connectivity index (χ1v) is 8.49. The maximum atomic E-state index is 12.1. The largest absolute Gasteiger partial charge is 0.452 e. The van der Waals surface area contributed by atoms with Crippen LogP contribution in [0.15, 0.2) is 46.9 Å². The number of nitrogens with one attached hydrogen (secondary N) is 1. The number of nitro groups is 1. The normalized spacial score (nSPS) is 15.9. The average molecular weight is 370 g/mol. The van der Waals surface area contributed by atoms with E-state index in [1.807, 2.05) is 18.2 Å². The van der Waals surface area contributed by atoms with Crippen LogP contribution in [0.2, 0.25) is 0 Å². The number of carbonyl (C=O) groups excluding carboxylic acids is 2. The van der Waals surface area contributed by atoms with Gasteiger partial charge in [0.2, 0.25) is 0 Å². The predicted octanol–water partition coefficient (Wildman–Crippen LogP) is 2.94. The second-order valence-corrected chi connectivity index (χ2v) is 6.09. The molecule has 0 spiro atoms. The molecule has 1 aliphatic rings. The van der Waals surface area contributed by atoms with Gasteiger partial charge in [0, 0.05) is 6.08 Å². The van der Waals surface area contributed by atoms with Gasteiger partial charge in [0.25, 0.3) is 5.91 Å². The Labute approximate surface area is 155 Å². The van der Waals surface area contributed by atoms with E-state index in [9.17, 15) is 19.7 Å².